The fourth-order valence-electron chi connectivity index (χ4n) is 3.19. The summed E-state index contributed by atoms with van der Waals surface area (Å²) in [5.74, 6) is 1.13. The quantitative estimate of drug-likeness (QED) is 0.824. The van der Waals surface area contributed by atoms with E-state index >= 15 is 0 Å². The van der Waals surface area contributed by atoms with Gasteiger partial charge < -0.3 is 15.5 Å². The number of aryl methyl sites for hydroxylation is 1. The Morgan fingerprint density at radius 1 is 1.20 bits per heavy atom. The zero-order valence-corrected chi connectivity index (χ0v) is 15.7. The van der Waals surface area contributed by atoms with Gasteiger partial charge in [-0.2, -0.15) is 0 Å². The zero-order valence-electron chi connectivity index (χ0n) is 15.7. The Kier molecular flexibility index (Phi) is 7.29. The van der Waals surface area contributed by atoms with Crippen LogP contribution < -0.4 is 10.6 Å². The average Bonchev–Trinajstić information content (AvgIpc) is 2.57. The molecule has 5 nitrogen and oxygen atoms in total. The molecule has 1 aromatic carbocycles. The van der Waals surface area contributed by atoms with Crippen molar-refractivity contribution in [2.24, 2.45) is 11.8 Å². The fraction of sp³-hybridized carbons (Fsp3) is 0.600. The van der Waals surface area contributed by atoms with Gasteiger partial charge in [0.15, 0.2) is 0 Å². The van der Waals surface area contributed by atoms with Crippen LogP contribution in [0.4, 0.5) is 10.5 Å². The number of nitrogens with zero attached hydrogens (tertiary/aromatic N) is 1. The fourth-order valence-corrected chi connectivity index (χ4v) is 3.19. The maximum Gasteiger partial charge on any atom is 0.321 e. The number of urea groups is 1. The third kappa shape index (κ3) is 6.40. The third-order valence-electron chi connectivity index (χ3n) is 4.76. The second-order valence-electron chi connectivity index (χ2n) is 7.41. The van der Waals surface area contributed by atoms with Gasteiger partial charge in [-0.1, -0.05) is 32.0 Å². The molecule has 1 saturated heterocycles. The van der Waals surface area contributed by atoms with Gasteiger partial charge in [0.05, 0.1) is 0 Å². The summed E-state index contributed by atoms with van der Waals surface area (Å²) >= 11 is 0. The largest absolute Gasteiger partial charge is 0.356 e. The van der Waals surface area contributed by atoms with Crippen molar-refractivity contribution in [3.05, 3.63) is 29.8 Å². The third-order valence-corrected chi connectivity index (χ3v) is 4.76. The van der Waals surface area contributed by atoms with Crippen LogP contribution >= 0.6 is 0 Å². The molecule has 3 amide bonds. The Balaban J connectivity index is 1.68. The minimum atomic E-state index is -0.0158. The first-order valence-corrected chi connectivity index (χ1v) is 9.34. The molecular formula is C20H31N3O2. The molecule has 1 aliphatic rings. The highest BCUT2D eigenvalue weighted by Gasteiger charge is 2.23. The van der Waals surface area contributed by atoms with Gasteiger partial charge in [0.25, 0.3) is 0 Å². The Bertz CT molecular complexity index is 578. The molecule has 0 bridgehead atoms. The van der Waals surface area contributed by atoms with Gasteiger partial charge in [0, 0.05) is 31.7 Å². The van der Waals surface area contributed by atoms with Crippen LogP contribution in [0.3, 0.4) is 0 Å². The van der Waals surface area contributed by atoms with E-state index in [-0.39, 0.29) is 11.9 Å². The van der Waals surface area contributed by atoms with Gasteiger partial charge in [-0.25, -0.2) is 4.79 Å². The Morgan fingerprint density at radius 3 is 2.52 bits per heavy atom. The number of piperidine rings is 1. The van der Waals surface area contributed by atoms with Crippen molar-refractivity contribution in [3.63, 3.8) is 0 Å². The van der Waals surface area contributed by atoms with Crippen LogP contribution in [-0.2, 0) is 4.79 Å². The highest BCUT2D eigenvalue weighted by atomic mass is 16.2. The topological polar surface area (TPSA) is 61.4 Å². The number of rotatable bonds is 6. The molecule has 25 heavy (non-hydrogen) atoms. The number of carbonyl (C=O) groups excluding carboxylic acids is 2. The number of amides is 3. The van der Waals surface area contributed by atoms with E-state index in [1.54, 1.807) is 0 Å². The molecule has 138 valence electrons. The Morgan fingerprint density at radius 2 is 1.88 bits per heavy atom. The van der Waals surface area contributed by atoms with E-state index in [0.717, 1.165) is 50.1 Å². The molecule has 5 heteroatoms. The number of anilines is 1. The number of hydrogen-bond donors (Lipinski definition) is 2. The molecule has 1 aliphatic heterocycles. The summed E-state index contributed by atoms with van der Waals surface area (Å²) in [6, 6.07) is 7.81. The molecule has 1 aromatic rings. The molecule has 2 rings (SSSR count). The molecule has 0 aliphatic carbocycles. The average molecular weight is 345 g/mol. The number of carbonyl (C=O) groups is 2. The maximum absolute atomic E-state index is 12.4. The predicted octanol–water partition coefficient (Wildman–Crippen LogP) is 3.79. The summed E-state index contributed by atoms with van der Waals surface area (Å²) in [5, 5.41) is 6.00. The van der Waals surface area contributed by atoms with Crippen LogP contribution in [0.1, 0.15) is 45.1 Å². The second-order valence-corrected chi connectivity index (χ2v) is 7.41. The lowest BCUT2D eigenvalue weighted by Gasteiger charge is -2.32. The molecule has 1 heterocycles. The molecule has 0 radical (unpaired) electrons. The van der Waals surface area contributed by atoms with Crippen LogP contribution in [-0.4, -0.2) is 36.5 Å². The normalized spacial score (nSPS) is 15.3. The summed E-state index contributed by atoms with van der Waals surface area (Å²) < 4.78 is 0. The van der Waals surface area contributed by atoms with Gasteiger partial charge in [0.1, 0.15) is 0 Å². The summed E-state index contributed by atoms with van der Waals surface area (Å²) in [6.45, 7) is 8.40. The van der Waals surface area contributed by atoms with Crippen LogP contribution in [0.5, 0.6) is 0 Å². The van der Waals surface area contributed by atoms with Crippen molar-refractivity contribution in [2.45, 2.75) is 46.5 Å². The maximum atomic E-state index is 12.4. The lowest BCUT2D eigenvalue weighted by molar-refractivity contribution is -0.121. The smallest absolute Gasteiger partial charge is 0.321 e. The number of nitrogens with one attached hydrogen (secondary N) is 2. The predicted molar refractivity (Wildman–Crippen MR) is 102 cm³/mol. The van der Waals surface area contributed by atoms with Gasteiger partial charge in [-0.3, -0.25) is 4.79 Å². The summed E-state index contributed by atoms with van der Waals surface area (Å²) in [7, 11) is 0. The number of likely N-dealkylation sites (tertiary alicyclic amines) is 1. The molecule has 0 spiro atoms. The Labute approximate surface area is 151 Å². The molecule has 0 aromatic heterocycles. The summed E-state index contributed by atoms with van der Waals surface area (Å²) in [6.07, 6.45) is 3.59. The van der Waals surface area contributed by atoms with Crippen LogP contribution in [0.15, 0.2) is 24.3 Å². The molecule has 1 fully saturated rings. The van der Waals surface area contributed by atoms with Crippen molar-refractivity contribution < 1.29 is 9.59 Å². The SMILES string of the molecule is Cc1ccccc1NC(=O)N1CCC(CCNC(=O)CC(C)C)CC1. The first-order valence-electron chi connectivity index (χ1n) is 9.34. The van der Waals surface area contributed by atoms with Gasteiger partial charge >= 0.3 is 6.03 Å². The first-order chi connectivity index (χ1) is 12.0. The molecule has 0 atom stereocenters. The van der Waals surface area contributed by atoms with Crippen LogP contribution in [0.25, 0.3) is 0 Å². The van der Waals surface area contributed by atoms with Crippen molar-refractivity contribution in [1.29, 1.82) is 0 Å². The number of benzene rings is 1. The van der Waals surface area contributed by atoms with Crippen LogP contribution in [0.2, 0.25) is 0 Å². The molecule has 0 unspecified atom stereocenters. The molecular weight excluding hydrogens is 314 g/mol. The summed E-state index contributed by atoms with van der Waals surface area (Å²) in [4.78, 5) is 25.9. The monoisotopic (exact) mass is 345 g/mol. The van der Waals surface area contributed by atoms with Crippen molar-refractivity contribution in [2.75, 3.05) is 25.0 Å². The lowest BCUT2D eigenvalue weighted by atomic mass is 9.93. The van der Waals surface area contributed by atoms with E-state index in [9.17, 15) is 9.59 Å². The van der Waals surface area contributed by atoms with E-state index in [1.807, 2.05) is 36.1 Å². The minimum absolute atomic E-state index is 0.0158. The van der Waals surface area contributed by atoms with Crippen molar-refractivity contribution >= 4 is 17.6 Å². The second kappa shape index (κ2) is 9.44. The van der Waals surface area contributed by atoms with Crippen LogP contribution in [0, 0.1) is 18.8 Å². The zero-order chi connectivity index (χ0) is 18.2. The molecule has 0 saturated carbocycles. The van der Waals surface area contributed by atoms with E-state index in [2.05, 4.69) is 24.5 Å². The van der Waals surface area contributed by atoms with E-state index in [0.29, 0.717) is 18.3 Å². The van der Waals surface area contributed by atoms with E-state index in [4.69, 9.17) is 0 Å². The van der Waals surface area contributed by atoms with E-state index < -0.39 is 0 Å². The minimum Gasteiger partial charge on any atom is -0.356 e. The Hall–Kier alpha value is -2.04. The highest BCUT2D eigenvalue weighted by molar-refractivity contribution is 5.90. The molecule has 2 N–H and O–H groups in total. The summed E-state index contributed by atoms with van der Waals surface area (Å²) in [5.41, 5.74) is 1.95. The van der Waals surface area contributed by atoms with Gasteiger partial charge in [0.2, 0.25) is 5.91 Å². The highest BCUT2D eigenvalue weighted by Crippen LogP contribution is 2.21. The van der Waals surface area contributed by atoms with Crippen molar-refractivity contribution in [1.82, 2.24) is 10.2 Å². The lowest BCUT2D eigenvalue weighted by Crippen LogP contribution is -2.41. The standard InChI is InChI=1S/C20H31N3O2/c1-15(2)14-19(24)21-11-8-17-9-12-23(13-10-17)20(25)22-18-7-5-4-6-16(18)3/h4-7,15,17H,8-14H2,1-3H3,(H,21,24)(H,22,25). The van der Waals surface area contributed by atoms with Gasteiger partial charge in [-0.15, -0.1) is 0 Å². The van der Waals surface area contributed by atoms with E-state index in [1.165, 1.54) is 0 Å². The van der Waals surface area contributed by atoms with Gasteiger partial charge in [-0.05, 0) is 49.7 Å². The number of para-hydroxylation sites is 1. The number of hydrogen-bond acceptors (Lipinski definition) is 2. The van der Waals surface area contributed by atoms with Crippen molar-refractivity contribution in [3.8, 4) is 0 Å². The first kappa shape index (κ1) is 19.3.